The van der Waals surface area contributed by atoms with E-state index < -0.39 is 5.97 Å². The standard InChI is InChI=1S/C13H16N2O4S/c16-10(8-15-7-3-1-2-4-12(15)17)14-11-6-5-9(20-11)13(18)19/h5-6H,1-4,7-8H2,(H,14,16)(H,18,19). The Labute approximate surface area is 120 Å². The lowest BCUT2D eigenvalue weighted by atomic mass is 10.2. The number of carboxylic acid groups (broad SMARTS) is 1. The van der Waals surface area contributed by atoms with Crippen LogP contribution < -0.4 is 5.32 Å². The van der Waals surface area contributed by atoms with E-state index >= 15 is 0 Å². The molecule has 2 heterocycles. The van der Waals surface area contributed by atoms with Gasteiger partial charge in [0.15, 0.2) is 0 Å². The summed E-state index contributed by atoms with van der Waals surface area (Å²) in [6, 6.07) is 3.00. The maximum Gasteiger partial charge on any atom is 0.345 e. The lowest BCUT2D eigenvalue weighted by Gasteiger charge is -2.19. The molecule has 1 saturated heterocycles. The van der Waals surface area contributed by atoms with Gasteiger partial charge in [-0.25, -0.2) is 4.79 Å². The van der Waals surface area contributed by atoms with Crippen molar-refractivity contribution in [2.75, 3.05) is 18.4 Å². The Bertz CT molecular complexity index is 526. The highest BCUT2D eigenvalue weighted by Crippen LogP contribution is 2.21. The summed E-state index contributed by atoms with van der Waals surface area (Å²) >= 11 is 1.00. The molecule has 0 unspecified atom stereocenters. The van der Waals surface area contributed by atoms with Gasteiger partial charge in [0.2, 0.25) is 11.8 Å². The van der Waals surface area contributed by atoms with E-state index in [-0.39, 0.29) is 23.2 Å². The van der Waals surface area contributed by atoms with Crippen molar-refractivity contribution in [1.82, 2.24) is 4.90 Å². The second-order valence-electron chi connectivity index (χ2n) is 4.64. The van der Waals surface area contributed by atoms with Gasteiger partial charge < -0.3 is 15.3 Å². The molecule has 1 aliphatic rings. The van der Waals surface area contributed by atoms with Gasteiger partial charge in [-0.2, -0.15) is 0 Å². The van der Waals surface area contributed by atoms with E-state index in [9.17, 15) is 14.4 Å². The highest BCUT2D eigenvalue weighted by molar-refractivity contribution is 7.18. The molecule has 1 aliphatic heterocycles. The Morgan fingerprint density at radius 2 is 2.10 bits per heavy atom. The van der Waals surface area contributed by atoms with Crippen molar-refractivity contribution in [3.63, 3.8) is 0 Å². The van der Waals surface area contributed by atoms with E-state index in [1.54, 1.807) is 11.0 Å². The van der Waals surface area contributed by atoms with Crippen molar-refractivity contribution in [3.05, 3.63) is 17.0 Å². The monoisotopic (exact) mass is 296 g/mol. The highest BCUT2D eigenvalue weighted by atomic mass is 32.1. The Hall–Kier alpha value is -1.89. The number of nitrogens with one attached hydrogen (secondary N) is 1. The molecule has 0 spiro atoms. The summed E-state index contributed by atoms with van der Waals surface area (Å²) in [7, 11) is 0. The third-order valence-electron chi connectivity index (χ3n) is 3.09. The van der Waals surface area contributed by atoms with E-state index in [4.69, 9.17) is 5.11 Å². The van der Waals surface area contributed by atoms with Crippen molar-refractivity contribution < 1.29 is 19.5 Å². The summed E-state index contributed by atoms with van der Waals surface area (Å²) < 4.78 is 0. The lowest BCUT2D eigenvalue weighted by molar-refractivity contribution is -0.134. The second-order valence-corrected chi connectivity index (χ2v) is 5.73. The molecule has 0 atom stereocenters. The van der Waals surface area contributed by atoms with Crippen LogP contribution in [0.2, 0.25) is 0 Å². The molecule has 1 aromatic rings. The Balaban J connectivity index is 1.90. The number of anilines is 1. The van der Waals surface area contributed by atoms with Crippen molar-refractivity contribution in [2.45, 2.75) is 25.7 Å². The number of hydrogen-bond donors (Lipinski definition) is 2. The first-order valence-corrected chi connectivity index (χ1v) is 7.28. The molecule has 1 aromatic heterocycles. The zero-order chi connectivity index (χ0) is 14.5. The topological polar surface area (TPSA) is 86.7 Å². The van der Waals surface area contributed by atoms with Crippen molar-refractivity contribution in [1.29, 1.82) is 0 Å². The second kappa shape index (κ2) is 6.51. The number of rotatable bonds is 4. The fraction of sp³-hybridized carbons (Fsp3) is 0.462. The van der Waals surface area contributed by atoms with E-state index in [0.717, 1.165) is 30.6 Å². The van der Waals surface area contributed by atoms with Crippen molar-refractivity contribution in [2.24, 2.45) is 0 Å². The molecule has 0 aliphatic carbocycles. The molecular weight excluding hydrogens is 280 g/mol. The summed E-state index contributed by atoms with van der Waals surface area (Å²) in [6.07, 6.45) is 3.30. The predicted octanol–water partition coefficient (Wildman–Crippen LogP) is 1.79. The summed E-state index contributed by atoms with van der Waals surface area (Å²) in [5.41, 5.74) is 0. The first-order chi connectivity index (χ1) is 9.56. The fourth-order valence-corrected chi connectivity index (χ4v) is 2.84. The fourth-order valence-electron chi connectivity index (χ4n) is 2.08. The Morgan fingerprint density at radius 3 is 2.80 bits per heavy atom. The third-order valence-corrected chi connectivity index (χ3v) is 4.07. The predicted molar refractivity (Wildman–Crippen MR) is 75.0 cm³/mol. The highest BCUT2D eigenvalue weighted by Gasteiger charge is 2.19. The molecule has 0 radical (unpaired) electrons. The smallest absolute Gasteiger partial charge is 0.345 e. The number of carbonyl (C=O) groups is 3. The number of thiophene rings is 1. The minimum atomic E-state index is -1.02. The third kappa shape index (κ3) is 3.80. The van der Waals surface area contributed by atoms with Gasteiger partial charge in [0.05, 0.1) is 11.5 Å². The van der Waals surface area contributed by atoms with Crippen molar-refractivity contribution >= 4 is 34.1 Å². The molecule has 1 fully saturated rings. The largest absolute Gasteiger partial charge is 0.477 e. The van der Waals surface area contributed by atoms with E-state index in [1.807, 2.05) is 0 Å². The van der Waals surface area contributed by atoms with Gasteiger partial charge in [-0.1, -0.05) is 6.42 Å². The molecule has 7 heteroatoms. The molecule has 6 nitrogen and oxygen atoms in total. The quantitative estimate of drug-likeness (QED) is 0.886. The molecule has 2 amide bonds. The summed E-state index contributed by atoms with van der Waals surface area (Å²) in [5.74, 6) is -1.30. The number of likely N-dealkylation sites (tertiary alicyclic amines) is 1. The van der Waals surface area contributed by atoms with Gasteiger partial charge in [-0.15, -0.1) is 11.3 Å². The van der Waals surface area contributed by atoms with E-state index in [0.29, 0.717) is 18.0 Å². The number of amides is 2. The van der Waals surface area contributed by atoms with Gasteiger partial charge in [-0.05, 0) is 25.0 Å². The van der Waals surface area contributed by atoms with Crippen LogP contribution >= 0.6 is 11.3 Å². The van der Waals surface area contributed by atoms with Crippen LogP contribution in [0.4, 0.5) is 5.00 Å². The van der Waals surface area contributed by atoms with Crippen LogP contribution in [0, 0.1) is 0 Å². The number of hydrogen-bond acceptors (Lipinski definition) is 4. The lowest BCUT2D eigenvalue weighted by Crippen LogP contribution is -2.37. The van der Waals surface area contributed by atoms with Gasteiger partial charge in [-0.3, -0.25) is 9.59 Å². The first-order valence-electron chi connectivity index (χ1n) is 6.47. The molecule has 108 valence electrons. The molecule has 2 rings (SSSR count). The van der Waals surface area contributed by atoms with Gasteiger partial charge in [0, 0.05) is 13.0 Å². The number of nitrogens with zero attached hydrogens (tertiary/aromatic N) is 1. The number of aromatic carboxylic acids is 1. The van der Waals surface area contributed by atoms with Crippen LogP contribution in [0.3, 0.4) is 0 Å². The molecule has 20 heavy (non-hydrogen) atoms. The summed E-state index contributed by atoms with van der Waals surface area (Å²) in [4.78, 5) is 36.1. The number of carboxylic acids is 1. The van der Waals surface area contributed by atoms with Crippen LogP contribution in [0.15, 0.2) is 12.1 Å². The van der Waals surface area contributed by atoms with E-state index in [1.165, 1.54) is 6.07 Å². The van der Waals surface area contributed by atoms with Gasteiger partial charge in [0.25, 0.3) is 0 Å². The van der Waals surface area contributed by atoms with Gasteiger partial charge in [0.1, 0.15) is 4.88 Å². The van der Waals surface area contributed by atoms with Crippen LogP contribution in [-0.2, 0) is 9.59 Å². The molecule has 0 saturated carbocycles. The van der Waals surface area contributed by atoms with Gasteiger partial charge >= 0.3 is 5.97 Å². The molecular formula is C13H16N2O4S. The summed E-state index contributed by atoms with van der Waals surface area (Å²) in [5, 5.41) is 11.9. The van der Waals surface area contributed by atoms with Crippen LogP contribution in [-0.4, -0.2) is 40.9 Å². The Kier molecular flexibility index (Phi) is 4.73. The number of carbonyl (C=O) groups excluding carboxylic acids is 2. The summed E-state index contributed by atoms with van der Waals surface area (Å²) in [6.45, 7) is 0.635. The Morgan fingerprint density at radius 1 is 1.30 bits per heavy atom. The average Bonchev–Trinajstić information content (AvgIpc) is 2.76. The van der Waals surface area contributed by atoms with Crippen LogP contribution in [0.1, 0.15) is 35.4 Å². The molecule has 0 bridgehead atoms. The minimum Gasteiger partial charge on any atom is -0.477 e. The zero-order valence-electron chi connectivity index (χ0n) is 10.9. The minimum absolute atomic E-state index is 0.00931. The molecule has 2 N–H and O–H groups in total. The van der Waals surface area contributed by atoms with Crippen molar-refractivity contribution in [3.8, 4) is 0 Å². The maximum absolute atomic E-state index is 11.9. The first kappa shape index (κ1) is 14.5. The normalized spacial score (nSPS) is 15.8. The van der Waals surface area contributed by atoms with Crippen LogP contribution in [0.5, 0.6) is 0 Å². The zero-order valence-corrected chi connectivity index (χ0v) is 11.7. The maximum atomic E-state index is 11.9. The SMILES string of the molecule is O=C(CN1CCCCCC1=O)Nc1ccc(C(=O)O)s1. The van der Waals surface area contributed by atoms with E-state index in [2.05, 4.69) is 5.32 Å². The van der Waals surface area contributed by atoms with Crippen LogP contribution in [0.25, 0.3) is 0 Å². The molecule has 0 aromatic carbocycles. The average molecular weight is 296 g/mol.